The molecule has 1 unspecified atom stereocenters. The van der Waals surface area contributed by atoms with Crippen molar-refractivity contribution >= 4 is 19.2 Å². The van der Waals surface area contributed by atoms with Gasteiger partial charge in [0.25, 0.3) is 0 Å². The lowest BCUT2D eigenvalue weighted by atomic mass is 10.1. The molecule has 19 heavy (non-hydrogen) atoms. The zero-order valence-electron chi connectivity index (χ0n) is 10.1. The summed E-state index contributed by atoms with van der Waals surface area (Å²) < 4.78 is 38.9. The van der Waals surface area contributed by atoms with Gasteiger partial charge >= 0.3 is 6.18 Å². The molecule has 0 aliphatic heterocycles. The lowest BCUT2D eigenvalue weighted by Crippen LogP contribution is -2.20. The summed E-state index contributed by atoms with van der Waals surface area (Å²) in [5.74, 6) is 0.0252. The maximum absolute atomic E-state index is 13.0. The third-order valence-corrected chi connectivity index (χ3v) is 4.35. The standard InChI is InChI=1S/C14H12F3OP/c1-9-5-4-6-10(14(15,16)17)13(9)19-12-8-3-2-7-11(12)18/h2-8,18-19H,1H3. The largest absolute Gasteiger partial charge is 0.507 e. The van der Waals surface area contributed by atoms with Crippen molar-refractivity contribution in [3.63, 3.8) is 0 Å². The van der Waals surface area contributed by atoms with Crippen molar-refractivity contribution < 1.29 is 18.3 Å². The van der Waals surface area contributed by atoms with Crippen LogP contribution in [0.25, 0.3) is 0 Å². The predicted octanol–water partition coefficient (Wildman–Crippen LogP) is 3.35. The van der Waals surface area contributed by atoms with Gasteiger partial charge in [-0.1, -0.05) is 38.9 Å². The molecule has 0 saturated carbocycles. The van der Waals surface area contributed by atoms with Gasteiger partial charge < -0.3 is 5.11 Å². The minimum absolute atomic E-state index is 0.0252. The van der Waals surface area contributed by atoms with Crippen LogP contribution >= 0.6 is 8.58 Å². The second-order valence-corrected chi connectivity index (χ2v) is 5.43. The summed E-state index contributed by atoms with van der Waals surface area (Å²) in [5.41, 5.74) is -0.0505. The highest BCUT2D eigenvalue weighted by Gasteiger charge is 2.33. The van der Waals surface area contributed by atoms with Gasteiger partial charge in [-0.25, -0.2) is 0 Å². The van der Waals surface area contributed by atoms with Gasteiger partial charge in [0.2, 0.25) is 0 Å². The summed E-state index contributed by atoms with van der Waals surface area (Å²) in [7, 11) is -0.223. The molecule has 1 atom stereocenters. The monoisotopic (exact) mass is 284 g/mol. The summed E-state index contributed by atoms with van der Waals surface area (Å²) in [4.78, 5) is 0. The van der Waals surface area contributed by atoms with Gasteiger partial charge in [0.15, 0.2) is 0 Å². The molecule has 100 valence electrons. The molecule has 2 rings (SSSR count). The number of aryl methyl sites for hydroxylation is 1. The second kappa shape index (κ2) is 5.22. The minimum atomic E-state index is -4.38. The fraction of sp³-hybridized carbons (Fsp3) is 0.143. The number of hydrogen-bond donors (Lipinski definition) is 1. The van der Waals surface area contributed by atoms with E-state index in [0.717, 1.165) is 6.07 Å². The molecule has 0 heterocycles. The molecule has 1 nitrogen and oxygen atoms in total. The molecule has 1 N–H and O–H groups in total. The van der Waals surface area contributed by atoms with E-state index < -0.39 is 11.7 Å². The Kier molecular flexibility index (Phi) is 3.81. The summed E-state index contributed by atoms with van der Waals surface area (Å²) in [6, 6.07) is 10.6. The van der Waals surface area contributed by atoms with Gasteiger partial charge in [-0.15, -0.1) is 0 Å². The van der Waals surface area contributed by atoms with Crippen molar-refractivity contribution in [2.24, 2.45) is 0 Å². The number of alkyl halides is 3. The zero-order valence-corrected chi connectivity index (χ0v) is 11.1. The van der Waals surface area contributed by atoms with E-state index in [2.05, 4.69) is 0 Å². The van der Waals surface area contributed by atoms with Gasteiger partial charge in [-0.2, -0.15) is 13.2 Å². The quantitative estimate of drug-likeness (QED) is 0.838. The lowest BCUT2D eigenvalue weighted by Gasteiger charge is -2.15. The van der Waals surface area contributed by atoms with E-state index in [9.17, 15) is 18.3 Å². The number of phenols is 1. The van der Waals surface area contributed by atoms with Crippen LogP contribution < -0.4 is 10.6 Å². The van der Waals surface area contributed by atoms with Crippen LogP contribution in [0.15, 0.2) is 42.5 Å². The molecule has 0 amide bonds. The topological polar surface area (TPSA) is 20.2 Å². The summed E-state index contributed by atoms with van der Waals surface area (Å²) in [5, 5.41) is 10.4. The molecule has 0 bridgehead atoms. The Morgan fingerprint density at radius 2 is 1.68 bits per heavy atom. The van der Waals surface area contributed by atoms with Crippen molar-refractivity contribution in [2.45, 2.75) is 13.1 Å². The maximum atomic E-state index is 13.0. The smallest absolute Gasteiger partial charge is 0.417 e. The number of benzene rings is 2. The Balaban J connectivity index is 2.48. The summed E-state index contributed by atoms with van der Waals surface area (Å²) in [6.45, 7) is 1.65. The van der Waals surface area contributed by atoms with Crippen LogP contribution in [0.3, 0.4) is 0 Å². The maximum Gasteiger partial charge on any atom is 0.417 e. The van der Waals surface area contributed by atoms with E-state index in [4.69, 9.17) is 0 Å². The number of para-hydroxylation sites is 1. The fourth-order valence-electron chi connectivity index (χ4n) is 1.78. The average Bonchev–Trinajstić information content (AvgIpc) is 2.33. The van der Waals surface area contributed by atoms with E-state index in [1.54, 1.807) is 31.2 Å². The van der Waals surface area contributed by atoms with E-state index in [-0.39, 0.29) is 19.6 Å². The van der Waals surface area contributed by atoms with Crippen LogP contribution in [-0.2, 0) is 6.18 Å². The second-order valence-electron chi connectivity index (χ2n) is 4.14. The first-order chi connectivity index (χ1) is 8.89. The Morgan fingerprint density at radius 1 is 1.00 bits per heavy atom. The first-order valence-corrected chi connectivity index (χ1v) is 6.61. The van der Waals surface area contributed by atoms with E-state index in [1.165, 1.54) is 12.1 Å². The molecule has 0 spiro atoms. The van der Waals surface area contributed by atoms with Crippen LogP contribution in [-0.4, -0.2) is 5.11 Å². The van der Waals surface area contributed by atoms with Crippen molar-refractivity contribution in [1.82, 2.24) is 0 Å². The molecule has 0 aromatic heterocycles. The number of rotatable bonds is 2. The molecular formula is C14H12F3OP. The number of hydrogen-bond acceptors (Lipinski definition) is 1. The average molecular weight is 284 g/mol. The predicted molar refractivity (Wildman–Crippen MR) is 71.9 cm³/mol. The number of phenolic OH excluding ortho intramolecular Hbond substituents is 1. The zero-order chi connectivity index (χ0) is 14.0. The SMILES string of the molecule is Cc1cccc(C(F)(F)F)c1Pc1ccccc1O. The number of aromatic hydroxyl groups is 1. The first-order valence-electron chi connectivity index (χ1n) is 5.61. The summed E-state index contributed by atoms with van der Waals surface area (Å²) in [6.07, 6.45) is -4.38. The molecule has 2 aromatic carbocycles. The van der Waals surface area contributed by atoms with Crippen molar-refractivity contribution in [1.29, 1.82) is 0 Å². The Labute approximate surface area is 110 Å². The van der Waals surface area contributed by atoms with E-state index >= 15 is 0 Å². The molecule has 0 saturated heterocycles. The molecule has 0 fully saturated rings. The molecule has 2 aromatic rings. The third kappa shape index (κ3) is 3.07. The van der Waals surface area contributed by atoms with Crippen LogP contribution in [0.1, 0.15) is 11.1 Å². The molecule has 0 aliphatic carbocycles. The lowest BCUT2D eigenvalue weighted by molar-refractivity contribution is -0.136. The van der Waals surface area contributed by atoms with Crippen molar-refractivity contribution in [3.8, 4) is 5.75 Å². The highest BCUT2D eigenvalue weighted by Crippen LogP contribution is 2.32. The molecule has 0 radical (unpaired) electrons. The van der Waals surface area contributed by atoms with Gasteiger partial charge in [0.1, 0.15) is 5.75 Å². The van der Waals surface area contributed by atoms with Crippen LogP contribution in [0.2, 0.25) is 0 Å². The fourth-order valence-corrected chi connectivity index (χ4v) is 3.08. The Morgan fingerprint density at radius 3 is 2.32 bits per heavy atom. The van der Waals surface area contributed by atoms with Gasteiger partial charge in [0.05, 0.1) is 5.56 Å². The van der Waals surface area contributed by atoms with Crippen LogP contribution in [0.5, 0.6) is 5.75 Å². The van der Waals surface area contributed by atoms with E-state index in [1.807, 2.05) is 0 Å². The van der Waals surface area contributed by atoms with Gasteiger partial charge in [-0.3, -0.25) is 0 Å². The Hall–Kier alpha value is -1.54. The number of halogens is 3. The van der Waals surface area contributed by atoms with Crippen LogP contribution in [0, 0.1) is 6.92 Å². The van der Waals surface area contributed by atoms with E-state index in [0.29, 0.717) is 10.9 Å². The Bertz CT molecular complexity index is 593. The van der Waals surface area contributed by atoms with Crippen LogP contribution in [0.4, 0.5) is 13.2 Å². The van der Waals surface area contributed by atoms with Crippen molar-refractivity contribution in [2.75, 3.05) is 0 Å². The molecule has 0 aliphatic rings. The molecule has 5 heteroatoms. The summed E-state index contributed by atoms with van der Waals surface area (Å²) >= 11 is 0. The van der Waals surface area contributed by atoms with Gasteiger partial charge in [-0.05, 0) is 29.9 Å². The highest BCUT2D eigenvalue weighted by atomic mass is 31.1. The van der Waals surface area contributed by atoms with Gasteiger partial charge in [0, 0.05) is 5.30 Å². The highest BCUT2D eigenvalue weighted by molar-refractivity contribution is 7.56. The molecular weight excluding hydrogens is 272 g/mol. The van der Waals surface area contributed by atoms with Crippen molar-refractivity contribution in [3.05, 3.63) is 53.6 Å². The first kappa shape index (κ1) is 13.9. The third-order valence-electron chi connectivity index (χ3n) is 2.74. The normalized spacial score (nSPS) is 12.2. The minimum Gasteiger partial charge on any atom is -0.507 e.